The number of hydrogen-bond acceptors (Lipinski definition) is 2. The maximum atomic E-state index is 11.9. The second kappa shape index (κ2) is 8.06. The fourth-order valence-corrected chi connectivity index (χ4v) is 5.00. The molecule has 1 N–H and O–H groups in total. The Bertz CT molecular complexity index is 1130. The predicted octanol–water partition coefficient (Wildman–Crippen LogP) is 5.95. The Labute approximate surface area is 179 Å². The van der Waals surface area contributed by atoms with Gasteiger partial charge in [0.15, 0.2) is 0 Å². The second-order valence-electron chi connectivity index (χ2n) is 8.78. The number of nitrogens with one attached hydrogen (secondary N) is 1. The van der Waals surface area contributed by atoms with Gasteiger partial charge in [-0.15, -0.1) is 0 Å². The molecule has 3 nitrogen and oxygen atoms in total. The van der Waals surface area contributed by atoms with Crippen molar-refractivity contribution in [2.75, 3.05) is 0 Å². The second-order valence-corrected chi connectivity index (χ2v) is 8.78. The molecule has 2 aliphatic rings. The molecular weight excluding hydrogens is 368 g/mol. The van der Waals surface area contributed by atoms with Crippen LogP contribution >= 0.6 is 0 Å². The van der Waals surface area contributed by atoms with Crippen LogP contribution in [0.25, 0.3) is 6.08 Å². The Balaban J connectivity index is 1.73. The standard InChI is InChI=1S/C27H30N2O/c1-5-23-22-14-19(4)17-27(23,24-11-12-26(30)29-25(24)16-22)28-13-7-9-20-8-6-10-21(15-20)18(2)3/h5-15,18,22H,16-17H2,1-4H3,(H,29,30)/b9-7+,23-5+,28-13+/t22-,27+/m0/s1. The zero-order valence-corrected chi connectivity index (χ0v) is 18.3. The van der Waals surface area contributed by atoms with Crippen LogP contribution in [0.3, 0.4) is 0 Å². The highest BCUT2D eigenvalue weighted by atomic mass is 16.1. The summed E-state index contributed by atoms with van der Waals surface area (Å²) in [6, 6.07) is 12.2. The van der Waals surface area contributed by atoms with E-state index >= 15 is 0 Å². The van der Waals surface area contributed by atoms with Crippen LogP contribution in [0.4, 0.5) is 0 Å². The lowest BCUT2D eigenvalue weighted by Crippen LogP contribution is -2.40. The van der Waals surface area contributed by atoms with Crippen LogP contribution in [0, 0.1) is 5.92 Å². The highest BCUT2D eigenvalue weighted by Gasteiger charge is 2.46. The van der Waals surface area contributed by atoms with Gasteiger partial charge in [-0.1, -0.05) is 61.9 Å². The van der Waals surface area contributed by atoms with Crippen molar-refractivity contribution < 1.29 is 0 Å². The van der Waals surface area contributed by atoms with Crippen LogP contribution in [0.5, 0.6) is 0 Å². The molecule has 0 fully saturated rings. The molecule has 2 aromatic rings. The summed E-state index contributed by atoms with van der Waals surface area (Å²) in [6.07, 6.45) is 12.3. The van der Waals surface area contributed by atoms with E-state index in [1.54, 1.807) is 6.07 Å². The minimum atomic E-state index is -0.430. The molecule has 30 heavy (non-hydrogen) atoms. The van der Waals surface area contributed by atoms with Crippen molar-refractivity contribution in [3.8, 4) is 0 Å². The topological polar surface area (TPSA) is 45.2 Å². The molecular formula is C27H30N2O. The summed E-state index contributed by atoms with van der Waals surface area (Å²) in [7, 11) is 0. The lowest BCUT2D eigenvalue weighted by atomic mass is 9.63. The van der Waals surface area contributed by atoms with Crippen molar-refractivity contribution in [1.29, 1.82) is 0 Å². The van der Waals surface area contributed by atoms with Crippen LogP contribution in [-0.2, 0) is 12.0 Å². The first kappa shape index (κ1) is 20.3. The number of aliphatic imine (C=N–C) groups is 1. The largest absolute Gasteiger partial charge is 0.326 e. The van der Waals surface area contributed by atoms with E-state index in [9.17, 15) is 4.79 Å². The zero-order chi connectivity index (χ0) is 21.3. The predicted molar refractivity (Wildman–Crippen MR) is 126 cm³/mol. The lowest BCUT2D eigenvalue weighted by molar-refractivity contribution is 0.413. The molecule has 1 aromatic carbocycles. The van der Waals surface area contributed by atoms with E-state index in [1.807, 2.05) is 18.4 Å². The summed E-state index contributed by atoms with van der Waals surface area (Å²) in [5.41, 5.74) is 6.89. The number of fused-ring (bicyclic) bond motifs is 4. The fraction of sp³-hybridized carbons (Fsp3) is 0.333. The molecule has 0 saturated heterocycles. The van der Waals surface area contributed by atoms with E-state index in [4.69, 9.17) is 4.99 Å². The first-order chi connectivity index (χ1) is 14.4. The van der Waals surface area contributed by atoms with Crippen molar-refractivity contribution in [2.45, 2.75) is 52.0 Å². The third-order valence-corrected chi connectivity index (χ3v) is 6.33. The number of aromatic amines is 1. The molecule has 2 aliphatic carbocycles. The van der Waals surface area contributed by atoms with Gasteiger partial charge in [0, 0.05) is 35.9 Å². The molecule has 0 saturated carbocycles. The molecule has 1 heterocycles. The van der Waals surface area contributed by atoms with Crippen molar-refractivity contribution in [2.24, 2.45) is 10.9 Å². The summed E-state index contributed by atoms with van der Waals surface area (Å²) in [5, 5.41) is 0. The van der Waals surface area contributed by atoms with Gasteiger partial charge in [0.2, 0.25) is 5.56 Å². The Kier molecular flexibility index (Phi) is 5.46. The highest BCUT2D eigenvalue weighted by molar-refractivity contribution is 5.79. The summed E-state index contributed by atoms with van der Waals surface area (Å²) in [4.78, 5) is 20.1. The number of pyridine rings is 1. The number of aromatic nitrogens is 1. The van der Waals surface area contributed by atoms with Crippen LogP contribution < -0.4 is 5.56 Å². The molecule has 0 amide bonds. The van der Waals surface area contributed by atoms with Crippen LogP contribution in [-0.4, -0.2) is 11.2 Å². The van der Waals surface area contributed by atoms with E-state index < -0.39 is 5.54 Å². The Hall–Kier alpha value is -2.94. The first-order valence-electron chi connectivity index (χ1n) is 10.8. The van der Waals surface area contributed by atoms with Gasteiger partial charge in [0.25, 0.3) is 0 Å². The quantitative estimate of drug-likeness (QED) is 0.502. The molecule has 2 bridgehead atoms. The van der Waals surface area contributed by atoms with E-state index in [1.165, 1.54) is 22.3 Å². The first-order valence-corrected chi connectivity index (χ1v) is 10.8. The van der Waals surface area contributed by atoms with Gasteiger partial charge < -0.3 is 4.98 Å². The molecule has 0 aliphatic heterocycles. The van der Waals surface area contributed by atoms with E-state index in [2.05, 4.69) is 75.2 Å². The number of rotatable bonds is 4. The van der Waals surface area contributed by atoms with Gasteiger partial charge in [-0.05, 0) is 55.0 Å². The van der Waals surface area contributed by atoms with Gasteiger partial charge in [-0.25, -0.2) is 0 Å². The highest BCUT2D eigenvalue weighted by Crippen LogP contribution is 2.51. The van der Waals surface area contributed by atoms with Gasteiger partial charge in [-0.2, -0.15) is 0 Å². The number of H-pyrrole nitrogens is 1. The Morgan fingerprint density at radius 1 is 1.23 bits per heavy atom. The van der Waals surface area contributed by atoms with Crippen LogP contribution in [0.1, 0.15) is 62.4 Å². The van der Waals surface area contributed by atoms with Gasteiger partial charge in [-0.3, -0.25) is 9.79 Å². The van der Waals surface area contributed by atoms with Gasteiger partial charge >= 0.3 is 0 Å². The minimum Gasteiger partial charge on any atom is -0.326 e. The monoisotopic (exact) mass is 398 g/mol. The van der Waals surface area contributed by atoms with Crippen molar-refractivity contribution >= 4 is 12.3 Å². The molecule has 1 aromatic heterocycles. The molecule has 3 heteroatoms. The maximum absolute atomic E-state index is 11.9. The van der Waals surface area contributed by atoms with Crippen LogP contribution in [0.15, 0.2) is 75.6 Å². The lowest BCUT2D eigenvalue weighted by Gasteiger charge is -2.45. The fourth-order valence-electron chi connectivity index (χ4n) is 5.00. The number of nitrogens with zero attached hydrogens (tertiary/aromatic N) is 1. The third-order valence-electron chi connectivity index (χ3n) is 6.33. The SMILES string of the molecule is C/C=C1\[C@H]2C=C(C)C[C@]1(/N=C/C=C/c1cccc(C(C)C)c1)c1ccc(=O)[nH]c1C2. The average molecular weight is 399 g/mol. The maximum Gasteiger partial charge on any atom is 0.248 e. The zero-order valence-electron chi connectivity index (χ0n) is 18.3. The molecule has 0 spiro atoms. The summed E-state index contributed by atoms with van der Waals surface area (Å²) < 4.78 is 0. The summed E-state index contributed by atoms with van der Waals surface area (Å²) in [5.74, 6) is 0.802. The number of benzene rings is 1. The van der Waals surface area contributed by atoms with E-state index in [-0.39, 0.29) is 11.5 Å². The normalized spacial score (nSPS) is 24.6. The number of hydrogen-bond donors (Lipinski definition) is 1. The smallest absolute Gasteiger partial charge is 0.248 e. The Morgan fingerprint density at radius 2 is 2.07 bits per heavy atom. The number of allylic oxidation sites excluding steroid dienone is 3. The molecule has 0 radical (unpaired) electrons. The van der Waals surface area contributed by atoms with E-state index in [0.717, 1.165) is 24.1 Å². The Morgan fingerprint density at radius 3 is 2.83 bits per heavy atom. The van der Waals surface area contributed by atoms with E-state index in [0.29, 0.717) is 5.92 Å². The molecule has 0 unspecified atom stereocenters. The van der Waals surface area contributed by atoms with Crippen molar-refractivity contribution in [3.63, 3.8) is 0 Å². The average Bonchev–Trinajstić information content (AvgIpc) is 2.70. The van der Waals surface area contributed by atoms with Gasteiger partial charge in [0.1, 0.15) is 5.54 Å². The van der Waals surface area contributed by atoms with Crippen LogP contribution in [0.2, 0.25) is 0 Å². The molecule has 4 rings (SSSR count). The summed E-state index contributed by atoms with van der Waals surface area (Å²) >= 11 is 0. The van der Waals surface area contributed by atoms with Gasteiger partial charge in [0.05, 0.1) is 0 Å². The minimum absolute atomic E-state index is 0.0412. The molecule has 154 valence electrons. The van der Waals surface area contributed by atoms with Crippen molar-refractivity contribution in [3.05, 3.63) is 98.5 Å². The summed E-state index contributed by atoms with van der Waals surface area (Å²) in [6.45, 7) is 8.71. The third kappa shape index (κ3) is 3.65. The van der Waals surface area contributed by atoms with Crippen molar-refractivity contribution in [1.82, 2.24) is 4.98 Å². The molecule has 2 atom stereocenters.